The van der Waals surface area contributed by atoms with E-state index in [1.165, 1.54) is 62.1 Å². The molecular formula is C32H34F3N5O3. The minimum Gasteiger partial charge on any atom is -0.424 e. The highest BCUT2D eigenvalue weighted by atomic mass is 19.4. The molecule has 1 saturated heterocycles. The zero-order valence-electron chi connectivity index (χ0n) is 23.9. The van der Waals surface area contributed by atoms with E-state index in [-0.39, 0.29) is 11.8 Å². The summed E-state index contributed by atoms with van der Waals surface area (Å²) in [5, 5.41) is 7.60. The normalized spacial score (nSPS) is 25.3. The Morgan fingerprint density at radius 1 is 0.977 bits per heavy atom. The van der Waals surface area contributed by atoms with Gasteiger partial charge in [0.15, 0.2) is 5.76 Å². The molecule has 2 saturated carbocycles. The molecule has 1 N–H and O–H groups in total. The van der Waals surface area contributed by atoms with Crippen LogP contribution in [0.5, 0.6) is 5.75 Å². The van der Waals surface area contributed by atoms with Crippen molar-refractivity contribution in [2.24, 2.45) is 17.8 Å². The van der Waals surface area contributed by atoms with Crippen molar-refractivity contribution in [1.82, 2.24) is 15.1 Å². The fourth-order valence-corrected chi connectivity index (χ4v) is 7.45. The minimum absolute atomic E-state index is 0.269. The summed E-state index contributed by atoms with van der Waals surface area (Å²) in [5.74, 6) is 3.30. The Kier molecular flexibility index (Phi) is 7.26. The Morgan fingerprint density at radius 3 is 2.47 bits per heavy atom. The second kappa shape index (κ2) is 11.2. The van der Waals surface area contributed by atoms with Crippen LogP contribution in [0.25, 0.3) is 22.7 Å². The maximum absolute atomic E-state index is 12.5. The lowest BCUT2D eigenvalue weighted by atomic mass is 9.77. The molecule has 3 aliphatic rings. The summed E-state index contributed by atoms with van der Waals surface area (Å²) in [6.07, 6.45) is 5.22. The van der Waals surface area contributed by atoms with Crippen molar-refractivity contribution in [3.63, 3.8) is 0 Å². The zero-order chi connectivity index (χ0) is 29.6. The number of anilines is 2. The molecule has 7 rings (SSSR count). The van der Waals surface area contributed by atoms with Gasteiger partial charge >= 0.3 is 6.36 Å². The van der Waals surface area contributed by atoms with Crippen LogP contribution < -0.4 is 15.0 Å². The van der Waals surface area contributed by atoms with Crippen LogP contribution >= 0.6 is 0 Å². The highest BCUT2D eigenvalue weighted by Crippen LogP contribution is 2.48. The van der Waals surface area contributed by atoms with Gasteiger partial charge < -0.3 is 23.9 Å². The number of oxazole rings is 1. The molecule has 2 aromatic carbocycles. The molecule has 5 atom stereocenters. The van der Waals surface area contributed by atoms with Crippen molar-refractivity contribution >= 4 is 11.7 Å². The van der Waals surface area contributed by atoms with Gasteiger partial charge in [0.05, 0.1) is 6.20 Å². The summed E-state index contributed by atoms with van der Waals surface area (Å²) < 4.78 is 52.6. The summed E-state index contributed by atoms with van der Waals surface area (Å²) >= 11 is 0. The fourth-order valence-electron chi connectivity index (χ4n) is 7.45. The smallest absolute Gasteiger partial charge is 0.424 e. The second-order valence-electron chi connectivity index (χ2n) is 12.1. The summed E-state index contributed by atoms with van der Waals surface area (Å²) in [6.45, 7) is 2.90. The third-order valence-electron chi connectivity index (χ3n) is 9.30. The van der Waals surface area contributed by atoms with Crippen LogP contribution in [0.1, 0.15) is 50.8 Å². The molecule has 3 fully saturated rings. The zero-order valence-corrected chi connectivity index (χ0v) is 23.9. The molecule has 2 bridgehead atoms. The van der Waals surface area contributed by atoms with Gasteiger partial charge in [0.25, 0.3) is 6.01 Å². The van der Waals surface area contributed by atoms with Crippen molar-refractivity contribution in [1.29, 1.82) is 0 Å². The third kappa shape index (κ3) is 6.07. The fraction of sp³-hybridized carbons (Fsp3) is 0.469. The Hall–Kier alpha value is -4.02. The van der Waals surface area contributed by atoms with Gasteiger partial charge in [0.2, 0.25) is 11.7 Å². The molecule has 1 aliphatic heterocycles. The Balaban J connectivity index is 0.991. The van der Waals surface area contributed by atoms with Crippen LogP contribution in [-0.4, -0.2) is 40.1 Å². The van der Waals surface area contributed by atoms with Crippen molar-refractivity contribution in [2.45, 2.75) is 70.3 Å². The lowest BCUT2D eigenvalue weighted by molar-refractivity contribution is -0.274. The first-order valence-corrected chi connectivity index (χ1v) is 15.0. The maximum atomic E-state index is 12.5. The number of benzene rings is 2. The van der Waals surface area contributed by atoms with Gasteiger partial charge in [-0.3, -0.25) is 0 Å². The molecule has 4 aromatic rings. The topological polar surface area (TPSA) is 89.5 Å². The first-order chi connectivity index (χ1) is 20.8. The van der Waals surface area contributed by atoms with Crippen molar-refractivity contribution in [3.8, 4) is 28.5 Å². The summed E-state index contributed by atoms with van der Waals surface area (Å²) in [6, 6.07) is 15.4. The van der Waals surface area contributed by atoms with Crippen molar-refractivity contribution in [2.75, 3.05) is 16.8 Å². The lowest BCUT2D eigenvalue weighted by Gasteiger charge is -2.39. The van der Waals surface area contributed by atoms with E-state index in [0.717, 1.165) is 30.9 Å². The van der Waals surface area contributed by atoms with Crippen LogP contribution in [0.3, 0.4) is 0 Å². The first kappa shape index (κ1) is 27.8. The van der Waals surface area contributed by atoms with E-state index in [9.17, 15) is 13.2 Å². The number of aryl methyl sites for hydroxylation is 1. The third-order valence-corrected chi connectivity index (χ3v) is 9.30. The number of alkyl halides is 3. The number of piperidine rings is 1. The van der Waals surface area contributed by atoms with Crippen LogP contribution in [0, 0.1) is 24.7 Å². The van der Waals surface area contributed by atoms with E-state index in [2.05, 4.69) is 54.3 Å². The lowest BCUT2D eigenvalue weighted by Crippen LogP contribution is -2.41. The van der Waals surface area contributed by atoms with E-state index in [4.69, 9.17) is 8.94 Å². The average molecular weight is 594 g/mol. The molecule has 226 valence electrons. The minimum atomic E-state index is -4.72. The molecule has 2 aromatic heterocycles. The number of ether oxygens (including phenoxy) is 1. The molecule has 43 heavy (non-hydrogen) atoms. The molecule has 0 radical (unpaired) electrons. The average Bonchev–Trinajstić information content (AvgIpc) is 3.79. The van der Waals surface area contributed by atoms with Crippen LogP contribution in [0.15, 0.2) is 63.7 Å². The molecular weight excluding hydrogens is 559 g/mol. The standard InChI is InChI=1S/C32H34F3N5O3/c1-19-37-30(39-43-19)22-6-10-25(11-7-22)40-18-20-14-24(28(40)15-20)16-23-4-2-3-5-27(23)38-31-36-17-29(41-31)21-8-12-26(13-9-21)42-32(33,34)35/h6-13,17,20,23-24,27-28H,2-5,14-16,18H2,1H3,(H,36,38)/t20-,23+,24-,27-,28-/m1/s1. The Morgan fingerprint density at radius 2 is 1.74 bits per heavy atom. The number of nitrogens with zero attached hydrogens (tertiary/aromatic N) is 4. The van der Waals surface area contributed by atoms with Gasteiger partial charge in [0, 0.05) is 42.4 Å². The first-order valence-electron chi connectivity index (χ1n) is 15.0. The molecule has 3 heterocycles. The van der Waals surface area contributed by atoms with Crippen molar-refractivity contribution < 1.29 is 26.8 Å². The predicted molar refractivity (Wildman–Crippen MR) is 154 cm³/mol. The number of hydrogen-bond acceptors (Lipinski definition) is 8. The second-order valence-corrected chi connectivity index (χ2v) is 12.1. The van der Waals surface area contributed by atoms with Gasteiger partial charge in [-0.05, 0) is 98.4 Å². The van der Waals surface area contributed by atoms with Gasteiger partial charge in [-0.1, -0.05) is 18.0 Å². The predicted octanol–water partition coefficient (Wildman–Crippen LogP) is 7.87. The molecule has 8 nitrogen and oxygen atoms in total. The largest absolute Gasteiger partial charge is 0.573 e. The van der Waals surface area contributed by atoms with Gasteiger partial charge in [-0.25, -0.2) is 4.98 Å². The number of aromatic nitrogens is 3. The molecule has 11 heteroatoms. The van der Waals surface area contributed by atoms with E-state index in [1.54, 1.807) is 13.1 Å². The Bertz CT molecular complexity index is 1530. The molecule has 0 amide bonds. The highest BCUT2D eigenvalue weighted by Gasteiger charge is 2.46. The number of halogens is 3. The summed E-state index contributed by atoms with van der Waals surface area (Å²) in [5.41, 5.74) is 2.85. The number of nitrogens with one attached hydrogen (secondary N) is 1. The quantitative estimate of drug-likeness (QED) is 0.221. The van der Waals surface area contributed by atoms with Crippen LogP contribution in [-0.2, 0) is 0 Å². The molecule has 0 unspecified atom stereocenters. The summed E-state index contributed by atoms with van der Waals surface area (Å²) in [7, 11) is 0. The van der Waals surface area contributed by atoms with Crippen molar-refractivity contribution in [3.05, 3.63) is 60.6 Å². The molecule has 0 spiro atoms. The maximum Gasteiger partial charge on any atom is 0.573 e. The van der Waals surface area contributed by atoms with E-state index >= 15 is 0 Å². The van der Waals surface area contributed by atoms with Gasteiger partial charge in [0.1, 0.15) is 5.75 Å². The number of hydrogen-bond donors (Lipinski definition) is 1. The molecule has 2 aliphatic carbocycles. The van der Waals surface area contributed by atoms with E-state index < -0.39 is 6.36 Å². The number of rotatable bonds is 8. The van der Waals surface area contributed by atoms with Crippen LogP contribution in [0.4, 0.5) is 24.9 Å². The van der Waals surface area contributed by atoms with Gasteiger partial charge in [-0.15, -0.1) is 13.2 Å². The Labute approximate surface area is 247 Å². The van der Waals surface area contributed by atoms with E-state index in [1.807, 2.05) is 0 Å². The highest BCUT2D eigenvalue weighted by molar-refractivity contribution is 5.61. The summed E-state index contributed by atoms with van der Waals surface area (Å²) in [4.78, 5) is 11.4. The van der Waals surface area contributed by atoms with E-state index in [0.29, 0.717) is 46.9 Å². The number of fused-ring (bicyclic) bond motifs is 2. The van der Waals surface area contributed by atoms with Crippen LogP contribution in [0.2, 0.25) is 0 Å². The SMILES string of the molecule is Cc1nc(-c2ccc(N3C[C@@H]4C[C@H](C[C@@H]5CCCC[C@H]5Nc5ncc(-c6ccc(OC(F)(F)F)cc6)o5)[C@H]3C4)cc2)no1. The monoisotopic (exact) mass is 593 g/mol. The van der Waals surface area contributed by atoms with Gasteiger partial charge in [-0.2, -0.15) is 4.98 Å².